The minimum Gasteiger partial charge on any atom is -0.504 e. The van der Waals surface area contributed by atoms with E-state index in [1.54, 1.807) is 6.07 Å². The van der Waals surface area contributed by atoms with Crippen LogP contribution < -0.4 is 4.74 Å². The number of hydrogen-bond donors (Lipinski definition) is 5. The van der Waals surface area contributed by atoms with Crippen molar-refractivity contribution in [3.63, 3.8) is 0 Å². The second-order valence-electron chi connectivity index (χ2n) is 5.86. The van der Waals surface area contributed by atoms with E-state index in [2.05, 4.69) is 0 Å². The van der Waals surface area contributed by atoms with E-state index in [-0.39, 0.29) is 36.0 Å². The highest BCUT2D eigenvalue weighted by molar-refractivity contribution is 5.56. The van der Waals surface area contributed by atoms with E-state index < -0.39 is 17.5 Å². The van der Waals surface area contributed by atoms with Crippen molar-refractivity contribution in [1.82, 2.24) is 0 Å². The van der Waals surface area contributed by atoms with Crippen LogP contribution >= 0.6 is 0 Å². The molecule has 0 spiro atoms. The van der Waals surface area contributed by atoms with Crippen LogP contribution in [0, 0.1) is 0 Å². The van der Waals surface area contributed by atoms with Gasteiger partial charge in [-0.2, -0.15) is 0 Å². The lowest BCUT2D eigenvalue weighted by atomic mass is 9.83. The molecule has 1 aliphatic heterocycles. The van der Waals surface area contributed by atoms with E-state index in [9.17, 15) is 25.5 Å². The molecule has 7 nitrogen and oxygen atoms in total. The lowest BCUT2D eigenvalue weighted by Gasteiger charge is -2.40. The number of phenols is 4. The van der Waals surface area contributed by atoms with Crippen molar-refractivity contribution >= 4 is 0 Å². The van der Waals surface area contributed by atoms with Gasteiger partial charge in [-0.1, -0.05) is 6.07 Å². The predicted octanol–water partition coefficient (Wildman–Crippen LogP) is 1.56. The smallest absolute Gasteiger partial charge is 0.200 e. The van der Waals surface area contributed by atoms with E-state index in [0.717, 1.165) is 0 Å². The number of aliphatic hydroxyl groups is 1. The average molecular weight is 334 g/mol. The third kappa shape index (κ3) is 2.57. The number of hydrogen-bond acceptors (Lipinski definition) is 7. The van der Waals surface area contributed by atoms with Crippen LogP contribution in [0.1, 0.15) is 17.2 Å². The maximum absolute atomic E-state index is 11.0. The number of phenolic OH excluding ortho intramolecular Hbond substituents is 4. The Labute approximate surface area is 138 Å². The number of methoxy groups -OCH3 is 1. The minimum atomic E-state index is -1.46. The highest BCUT2D eigenvalue weighted by atomic mass is 16.5. The van der Waals surface area contributed by atoms with Gasteiger partial charge in [-0.15, -0.1) is 0 Å². The molecule has 0 aromatic heterocycles. The molecule has 2 aromatic carbocycles. The topological polar surface area (TPSA) is 120 Å². The molecule has 2 aromatic rings. The fourth-order valence-electron chi connectivity index (χ4n) is 3.02. The number of rotatable bonds is 3. The molecule has 7 heteroatoms. The molecule has 5 N–H and O–H groups in total. The van der Waals surface area contributed by atoms with Gasteiger partial charge in [0.2, 0.25) is 5.75 Å². The molecule has 0 aliphatic carbocycles. The first-order valence-electron chi connectivity index (χ1n) is 7.29. The van der Waals surface area contributed by atoms with Crippen molar-refractivity contribution in [3.8, 4) is 28.7 Å². The Morgan fingerprint density at radius 3 is 2.46 bits per heavy atom. The Kier molecular flexibility index (Phi) is 3.90. The van der Waals surface area contributed by atoms with E-state index in [4.69, 9.17) is 9.47 Å². The number of fused-ring (bicyclic) bond motifs is 1. The van der Waals surface area contributed by atoms with Gasteiger partial charge in [-0.25, -0.2) is 0 Å². The summed E-state index contributed by atoms with van der Waals surface area (Å²) in [5.41, 5.74) is -0.483. The standard InChI is InChI=1S/C17H18O7/c1-23-16-10-3-5-12(19)14(21)15(10)24-8-17(16,22)7-9-2-4-11(18)13(20)6-9/h2-6,16,18-22H,7-8H2,1H3/t16-,17-/m1/s1. The van der Waals surface area contributed by atoms with Crippen LogP contribution in [-0.4, -0.2) is 44.9 Å². The molecule has 0 radical (unpaired) electrons. The molecule has 0 unspecified atom stereocenters. The third-order valence-electron chi connectivity index (χ3n) is 4.16. The minimum absolute atomic E-state index is 0.0695. The fourth-order valence-corrected chi connectivity index (χ4v) is 3.02. The Morgan fingerprint density at radius 2 is 1.79 bits per heavy atom. The summed E-state index contributed by atoms with van der Waals surface area (Å²) in [5.74, 6) is -1.19. The molecule has 1 aliphatic rings. The number of aromatic hydroxyl groups is 4. The van der Waals surface area contributed by atoms with Crippen LogP contribution in [-0.2, 0) is 11.2 Å². The molecule has 0 saturated heterocycles. The summed E-state index contributed by atoms with van der Waals surface area (Å²) in [6, 6.07) is 7.06. The van der Waals surface area contributed by atoms with Gasteiger partial charge < -0.3 is 35.0 Å². The predicted molar refractivity (Wildman–Crippen MR) is 83.4 cm³/mol. The first-order valence-corrected chi connectivity index (χ1v) is 7.29. The molecular formula is C17H18O7. The van der Waals surface area contributed by atoms with Crippen molar-refractivity contribution in [3.05, 3.63) is 41.5 Å². The van der Waals surface area contributed by atoms with Crippen molar-refractivity contribution in [2.75, 3.05) is 13.7 Å². The Balaban J connectivity index is 1.97. The van der Waals surface area contributed by atoms with Gasteiger partial charge in [0.15, 0.2) is 23.0 Å². The summed E-state index contributed by atoms with van der Waals surface area (Å²) in [4.78, 5) is 0. The monoisotopic (exact) mass is 334 g/mol. The molecule has 2 atom stereocenters. The van der Waals surface area contributed by atoms with Crippen LogP contribution in [0.5, 0.6) is 28.7 Å². The Hall–Kier alpha value is -2.64. The van der Waals surface area contributed by atoms with Gasteiger partial charge in [0.05, 0.1) is 0 Å². The second-order valence-corrected chi connectivity index (χ2v) is 5.86. The maximum atomic E-state index is 11.0. The summed E-state index contributed by atoms with van der Waals surface area (Å²) >= 11 is 0. The van der Waals surface area contributed by atoms with E-state index >= 15 is 0 Å². The molecule has 0 fully saturated rings. The average Bonchev–Trinajstić information content (AvgIpc) is 2.54. The normalized spacial score (nSPS) is 22.7. The quantitative estimate of drug-likeness (QED) is 0.540. The highest BCUT2D eigenvalue weighted by Crippen LogP contribution is 2.48. The Bertz CT molecular complexity index is 774. The van der Waals surface area contributed by atoms with E-state index in [0.29, 0.717) is 11.1 Å². The van der Waals surface area contributed by atoms with E-state index in [1.807, 2.05) is 0 Å². The van der Waals surface area contributed by atoms with Gasteiger partial charge in [0.1, 0.15) is 18.3 Å². The molecular weight excluding hydrogens is 316 g/mol. The van der Waals surface area contributed by atoms with E-state index in [1.165, 1.54) is 31.4 Å². The van der Waals surface area contributed by atoms with Crippen molar-refractivity contribution in [2.45, 2.75) is 18.1 Å². The summed E-state index contributed by atoms with van der Waals surface area (Å²) in [6.07, 6.45) is -0.732. The largest absolute Gasteiger partial charge is 0.504 e. The van der Waals surface area contributed by atoms with Gasteiger partial charge in [-0.05, 0) is 29.8 Å². The summed E-state index contributed by atoms with van der Waals surface area (Å²) in [6.45, 7) is -0.183. The summed E-state index contributed by atoms with van der Waals surface area (Å²) < 4.78 is 10.9. The van der Waals surface area contributed by atoms with Crippen LogP contribution in [0.3, 0.4) is 0 Å². The van der Waals surface area contributed by atoms with Gasteiger partial charge in [-0.3, -0.25) is 0 Å². The molecule has 0 saturated carbocycles. The molecule has 0 amide bonds. The first-order chi connectivity index (χ1) is 11.4. The SMILES string of the molecule is CO[C@@H]1c2ccc(O)c(O)c2OC[C@]1(O)Cc1ccc(O)c(O)c1. The van der Waals surface area contributed by atoms with Crippen molar-refractivity contribution in [2.24, 2.45) is 0 Å². The third-order valence-corrected chi connectivity index (χ3v) is 4.16. The van der Waals surface area contributed by atoms with Gasteiger partial charge in [0, 0.05) is 19.1 Å². The number of ether oxygens (including phenoxy) is 2. The molecule has 0 bridgehead atoms. The zero-order valence-corrected chi connectivity index (χ0v) is 12.9. The second kappa shape index (κ2) is 5.77. The number of benzene rings is 2. The molecule has 24 heavy (non-hydrogen) atoms. The highest BCUT2D eigenvalue weighted by Gasteiger charge is 2.45. The lowest BCUT2D eigenvalue weighted by Crippen LogP contribution is -2.48. The first kappa shape index (κ1) is 16.2. The summed E-state index contributed by atoms with van der Waals surface area (Å²) in [5, 5.41) is 49.5. The molecule has 1 heterocycles. The Morgan fingerprint density at radius 1 is 1.08 bits per heavy atom. The molecule has 128 valence electrons. The maximum Gasteiger partial charge on any atom is 0.200 e. The van der Waals surface area contributed by atoms with Crippen LogP contribution in [0.2, 0.25) is 0 Å². The van der Waals surface area contributed by atoms with Crippen LogP contribution in [0.15, 0.2) is 30.3 Å². The van der Waals surface area contributed by atoms with Gasteiger partial charge >= 0.3 is 0 Å². The zero-order valence-electron chi connectivity index (χ0n) is 12.9. The fraction of sp³-hybridized carbons (Fsp3) is 0.294. The summed E-state index contributed by atoms with van der Waals surface area (Å²) in [7, 11) is 1.42. The van der Waals surface area contributed by atoms with Gasteiger partial charge in [0.25, 0.3) is 0 Å². The molecule has 3 rings (SSSR count). The van der Waals surface area contributed by atoms with Crippen molar-refractivity contribution in [1.29, 1.82) is 0 Å². The van der Waals surface area contributed by atoms with Crippen LogP contribution in [0.4, 0.5) is 0 Å². The zero-order chi connectivity index (χ0) is 17.5. The van der Waals surface area contributed by atoms with Crippen molar-refractivity contribution < 1.29 is 35.0 Å². The van der Waals surface area contributed by atoms with Crippen LogP contribution in [0.25, 0.3) is 0 Å². The lowest BCUT2D eigenvalue weighted by molar-refractivity contribution is -0.129.